The van der Waals surface area contributed by atoms with Crippen molar-refractivity contribution in [3.8, 4) is 5.75 Å². The first-order valence-corrected chi connectivity index (χ1v) is 7.30. The van der Waals surface area contributed by atoms with Gasteiger partial charge in [0.1, 0.15) is 5.75 Å². The summed E-state index contributed by atoms with van der Waals surface area (Å²) in [6, 6.07) is 5.67. The molecule has 0 aliphatic carbocycles. The van der Waals surface area contributed by atoms with Gasteiger partial charge in [-0.1, -0.05) is 17.7 Å². The Balaban J connectivity index is 2.15. The molecule has 1 aromatic carbocycles. The molecular weight excluding hydrogens is 328 g/mol. The van der Waals surface area contributed by atoms with Crippen LogP contribution in [0.25, 0.3) is 0 Å². The minimum absolute atomic E-state index is 0.0594. The van der Waals surface area contributed by atoms with Gasteiger partial charge in [0, 0.05) is 19.2 Å². The SMILES string of the molecule is CCn1ncc(Cl)c1CN(C)C(=O)c1cccc(OC(F)F)c1. The molecule has 0 aliphatic heterocycles. The summed E-state index contributed by atoms with van der Waals surface area (Å²) in [5.41, 5.74) is 0.967. The minimum Gasteiger partial charge on any atom is -0.435 e. The summed E-state index contributed by atoms with van der Waals surface area (Å²) >= 11 is 6.08. The van der Waals surface area contributed by atoms with E-state index in [1.54, 1.807) is 11.7 Å². The molecule has 2 rings (SSSR count). The number of hydrogen-bond acceptors (Lipinski definition) is 3. The molecule has 1 amide bonds. The lowest BCUT2D eigenvalue weighted by Gasteiger charge is -2.18. The summed E-state index contributed by atoms with van der Waals surface area (Å²) in [6.45, 7) is -0.136. The zero-order chi connectivity index (χ0) is 17.0. The molecule has 8 heteroatoms. The predicted octanol–water partition coefficient (Wildman–Crippen LogP) is 3.43. The van der Waals surface area contributed by atoms with Crippen LogP contribution in [0.15, 0.2) is 30.5 Å². The quantitative estimate of drug-likeness (QED) is 0.807. The van der Waals surface area contributed by atoms with Crippen LogP contribution in [0.3, 0.4) is 0 Å². The van der Waals surface area contributed by atoms with E-state index in [0.29, 0.717) is 17.3 Å². The van der Waals surface area contributed by atoms with Gasteiger partial charge in [-0.05, 0) is 25.1 Å². The van der Waals surface area contributed by atoms with E-state index in [4.69, 9.17) is 11.6 Å². The van der Waals surface area contributed by atoms with Crippen molar-refractivity contribution in [2.75, 3.05) is 7.05 Å². The second-order valence-electron chi connectivity index (χ2n) is 4.82. The van der Waals surface area contributed by atoms with E-state index < -0.39 is 6.61 Å². The van der Waals surface area contributed by atoms with Crippen molar-refractivity contribution in [2.45, 2.75) is 26.6 Å². The number of aromatic nitrogens is 2. The number of rotatable bonds is 6. The highest BCUT2D eigenvalue weighted by Gasteiger charge is 2.17. The van der Waals surface area contributed by atoms with Crippen LogP contribution in [-0.4, -0.2) is 34.2 Å². The zero-order valence-corrected chi connectivity index (χ0v) is 13.4. The van der Waals surface area contributed by atoms with Gasteiger partial charge in [0.05, 0.1) is 23.5 Å². The standard InChI is InChI=1S/C15H16ClF2N3O2/c1-3-21-13(12(16)8-19-21)9-20(2)14(22)10-5-4-6-11(7-10)23-15(17)18/h4-8,15H,3,9H2,1-2H3. The van der Waals surface area contributed by atoms with Crippen molar-refractivity contribution in [1.29, 1.82) is 0 Å². The molecule has 23 heavy (non-hydrogen) atoms. The maximum atomic E-state index is 12.4. The number of benzene rings is 1. The lowest BCUT2D eigenvalue weighted by Crippen LogP contribution is -2.27. The molecule has 1 heterocycles. The van der Waals surface area contributed by atoms with E-state index in [0.717, 1.165) is 0 Å². The van der Waals surface area contributed by atoms with Crippen molar-refractivity contribution >= 4 is 17.5 Å². The largest absolute Gasteiger partial charge is 0.435 e. The van der Waals surface area contributed by atoms with Crippen molar-refractivity contribution in [3.63, 3.8) is 0 Å². The first-order chi connectivity index (χ1) is 10.9. The van der Waals surface area contributed by atoms with Gasteiger partial charge in [0.25, 0.3) is 5.91 Å². The number of alkyl halides is 2. The highest BCUT2D eigenvalue weighted by Crippen LogP contribution is 2.20. The normalized spacial score (nSPS) is 10.9. The molecule has 2 aromatic rings. The summed E-state index contributed by atoms with van der Waals surface area (Å²) in [5.74, 6) is -0.388. The van der Waals surface area contributed by atoms with Crippen LogP contribution >= 0.6 is 11.6 Å². The molecule has 0 unspecified atom stereocenters. The molecule has 0 saturated heterocycles. The summed E-state index contributed by atoms with van der Waals surface area (Å²) in [4.78, 5) is 13.9. The van der Waals surface area contributed by atoms with Gasteiger partial charge < -0.3 is 9.64 Å². The topological polar surface area (TPSA) is 47.4 Å². The molecule has 5 nitrogen and oxygen atoms in total. The van der Waals surface area contributed by atoms with E-state index in [1.807, 2.05) is 6.92 Å². The Bertz CT molecular complexity index is 691. The third-order valence-corrected chi connectivity index (χ3v) is 3.55. The molecule has 0 radical (unpaired) electrons. The molecular formula is C15H16ClF2N3O2. The third-order valence-electron chi connectivity index (χ3n) is 3.24. The molecule has 0 atom stereocenters. The van der Waals surface area contributed by atoms with Crippen LogP contribution in [0.1, 0.15) is 23.0 Å². The van der Waals surface area contributed by atoms with E-state index in [9.17, 15) is 13.6 Å². The van der Waals surface area contributed by atoms with Crippen molar-refractivity contribution in [3.05, 3.63) is 46.7 Å². The predicted molar refractivity (Wildman–Crippen MR) is 81.8 cm³/mol. The van der Waals surface area contributed by atoms with Crippen molar-refractivity contribution in [2.24, 2.45) is 0 Å². The van der Waals surface area contributed by atoms with Gasteiger partial charge in [0.15, 0.2) is 0 Å². The summed E-state index contributed by atoms with van der Waals surface area (Å²) < 4.78 is 30.5. The van der Waals surface area contributed by atoms with Crippen LogP contribution in [0.4, 0.5) is 8.78 Å². The van der Waals surface area contributed by atoms with Crippen LogP contribution in [0.5, 0.6) is 5.75 Å². The second kappa shape index (κ2) is 7.41. The summed E-state index contributed by atoms with van der Waals surface area (Å²) in [6.07, 6.45) is 1.52. The number of amides is 1. The molecule has 0 N–H and O–H groups in total. The first-order valence-electron chi connectivity index (χ1n) is 6.93. The maximum Gasteiger partial charge on any atom is 0.387 e. The summed E-state index contributed by atoms with van der Waals surface area (Å²) in [5, 5.41) is 4.58. The Labute approximate surface area is 137 Å². The number of aryl methyl sites for hydroxylation is 1. The highest BCUT2D eigenvalue weighted by atomic mass is 35.5. The fourth-order valence-corrected chi connectivity index (χ4v) is 2.34. The third kappa shape index (κ3) is 4.19. The van der Waals surface area contributed by atoms with Crippen LogP contribution in [0, 0.1) is 0 Å². The van der Waals surface area contributed by atoms with Crippen molar-refractivity contribution in [1.82, 2.24) is 14.7 Å². The Morgan fingerprint density at radius 3 is 2.87 bits per heavy atom. The summed E-state index contributed by atoms with van der Waals surface area (Å²) in [7, 11) is 1.60. The molecule has 0 aliphatic rings. The number of carbonyl (C=O) groups excluding carboxylic acids is 1. The van der Waals surface area contributed by atoms with E-state index in [2.05, 4.69) is 9.84 Å². The van der Waals surface area contributed by atoms with E-state index in [1.165, 1.54) is 35.4 Å². The van der Waals surface area contributed by atoms with Gasteiger partial charge in [-0.25, -0.2) is 0 Å². The zero-order valence-electron chi connectivity index (χ0n) is 12.7. The number of carbonyl (C=O) groups is 1. The monoisotopic (exact) mass is 343 g/mol. The van der Waals surface area contributed by atoms with Gasteiger partial charge in [-0.3, -0.25) is 9.48 Å². The fraction of sp³-hybridized carbons (Fsp3) is 0.333. The molecule has 0 bridgehead atoms. The Morgan fingerprint density at radius 2 is 2.22 bits per heavy atom. The average Bonchev–Trinajstić information content (AvgIpc) is 2.86. The Kier molecular flexibility index (Phi) is 5.54. The van der Waals surface area contributed by atoms with Gasteiger partial charge >= 0.3 is 6.61 Å². The van der Waals surface area contributed by atoms with Gasteiger partial charge in [-0.15, -0.1) is 0 Å². The van der Waals surface area contributed by atoms with Gasteiger partial charge in [-0.2, -0.15) is 13.9 Å². The molecule has 0 saturated carbocycles. The second-order valence-corrected chi connectivity index (χ2v) is 5.23. The van der Waals surface area contributed by atoms with Gasteiger partial charge in [0.2, 0.25) is 0 Å². The minimum atomic E-state index is -2.93. The molecule has 0 fully saturated rings. The Hall–Kier alpha value is -2.15. The Morgan fingerprint density at radius 1 is 1.48 bits per heavy atom. The molecule has 1 aromatic heterocycles. The smallest absolute Gasteiger partial charge is 0.387 e. The average molecular weight is 344 g/mol. The number of nitrogens with zero attached hydrogens (tertiary/aromatic N) is 3. The van der Waals surface area contributed by atoms with E-state index in [-0.39, 0.29) is 23.8 Å². The fourth-order valence-electron chi connectivity index (χ4n) is 2.14. The van der Waals surface area contributed by atoms with Crippen LogP contribution < -0.4 is 4.74 Å². The molecule has 0 spiro atoms. The lowest BCUT2D eigenvalue weighted by molar-refractivity contribution is -0.0499. The maximum absolute atomic E-state index is 12.4. The number of ether oxygens (including phenoxy) is 1. The number of hydrogen-bond donors (Lipinski definition) is 0. The van der Waals surface area contributed by atoms with Crippen molar-refractivity contribution < 1.29 is 18.3 Å². The highest BCUT2D eigenvalue weighted by molar-refractivity contribution is 6.31. The molecule has 124 valence electrons. The van der Waals surface area contributed by atoms with E-state index >= 15 is 0 Å². The van der Waals surface area contributed by atoms with Crippen LogP contribution in [-0.2, 0) is 13.1 Å². The lowest BCUT2D eigenvalue weighted by atomic mass is 10.2. The van der Waals surface area contributed by atoms with Crippen LogP contribution in [0.2, 0.25) is 5.02 Å². The first kappa shape index (κ1) is 17.2. The number of halogens is 3.